The van der Waals surface area contributed by atoms with Crippen LogP contribution in [-0.2, 0) is 18.9 Å². The smallest absolute Gasteiger partial charge is 0.480 e. The molecule has 2 fully saturated rings. The highest BCUT2D eigenvalue weighted by atomic mass is 16.8. The van der Waals surface area contributed by atoms with Gasteiger partial charge in [0, 0.05) is 12.7 Å². The van der Waals surface area contributed by atoms with Gasteiger partial charge in [-0.15, -0.1) is 0 Å². The summed E-state index contributed by atoms with van der Waals surface area (Å²) in [5.74, 6) is 0.772. The van der Waals surface area contributed by atoms with Gasteiger partial charge in [-0.3, -0.25) is 0 Å². The second-order valence-electron chi connectivity index (χ2n) is 10.7. The first-order valence-corrected chi connectivity index (χ1v) is 13.9. The van der Waals surface area contributed by atoms with Crippen molar-refractivity contribution in [3.63, 3.8) is 0 Å². The highest BCUT2D eigenvalue weighted by molar-refractivity contribution is 5.87. The van der Waals surface area contributed by atoms with Crippen LogP contribution in [-0.4, -0.2) is 43.5 Å². The van der Waals surface area contributed by atoms with E-state index in [1.54, 1.807) is 26.2 Å². The van der Waals surface area contributed by atoms with E-state index in [1.807, 2.05) is 74.5 Å². The minimum Gasteiger partial charge on any atom is -0.480 e. The van der Waals surface area contributed by atoms with E-state index >= 15 is 0 Å². The number of benzene rings is 3. The van der Waals surface area contributed by atoms with Crippen LogP contribution in [0.3, 0.4) is 0 Å². The molecule has 1 aromatic heterocycles. The van der Waals surface area contributed by atoms with Crippen LogP contribution in [0.5, 0.6) is 11.5 Å². The van der Waals surface area contributed by atoms with Crippen molar-refractivity contribution in [2.45, 2.75) is 63.5 Å². The van der Waals surface area contributed by atoms with E-state index in [-0.39, 0.29) is 0 Å². The van der Waals surface area contributed by atoms with E-state index in [4.69, 9.17) is 32.8 Å². The molecule has 4 aromatic rings. The van der Waals surface area contributed by atoms with E-state index in [9.17, 15) is 9.59 Å². The van der Waals surface area contributed by atoms with E-state index in [0.29, 0.717) is 34.5 Å². The van der Waals surface area contributed by atoms with Gasteiger partial charge in [0.05, 0.1) is 17.1 Å². The number of carbonyl (C=O) groups excluding carboxylic acids is 1. The molecule has 0 saturated carbocycles. The summed E-state index contributed by atoms with van der Waals surface area (Å²) in [4.78, 5) is 24.9. The van der Waals surface area contributed by atoms with Gasteiger partial charge < -0.3 is 32.8 Å². The predicted octanol–water partition coefficient (Wildman–Crippen LogP) is 6.09. The molecule has 4 unspecified atom stereocenters. The van der Waals surface area contributed by atoms with Crippen molar-refractivity contribution >= 4 is 17.1 Å². The molecule has 9 nitrogen and oxygen atoms in total. The molecule has 0 bridgehead atoms. The van der Waals surface area contributed by atoms with Gasteiger partial charge in [-0.25, -0.2) is 9.59 Å². The van der Waals surface area contributed by atoms with Crippen molar-refractivity contribution in [1.82, 2.24) is 0 Å². The summed E-state index contributed by atoms with van der Waals surface area (Å²) < 4.78 is 41.4. The van der Waals surface area contributed by atoms with Crippen molar-refractivity contribution in [2.75, 3.05) is 7.11 Å². The average molecular weight is 573 g/mol. The molecule has 3 aromatic carbocycles. The molecule has 6 rings (SSSR count). The Bertz CT molecular complexity index is 1590. The van der Waals surface area contributed by atoms with Crippen LogP contribution in [0, 0.1) is 6.92 Å². The minimum absolute atomic E-state index is 0.315. The van der Waals surface area contributed by atoms with Crippen molar-refractivity contribution in [3.8, 4) is 11.5 Å². The van der Waals surface area contributed by atoms with Gasteiger partial charge in [0.15, 0.2) is 6.10 Å². The maximum absolute atomic E-state index is 12.8. The summed E-state index contributed by atoms with van der Waals surface area (Å²) in [6.45, 7) is 5.62. The highest BCUT2D eigenvalue weighted by Crippen LogP contribution is 2.42. The Morgan fingerprint density at radius 2 is 1.52 bits per heavy atom. The second kappa shape index (κ2) is 11.2. The lowest BCUT2D eigenvalue weighted by Crippen LogP contribution is -2.63. The van der Waals surface area contributed by atoms with Gasteiger partial charge in [0.25, 0.3) is 0 Å². The third-order valence-corrected chi connectivity index (χ3v) is 8.06. The quantitative estimate of drug-likeness (QED) is 0.183. The number of hydrogen-bond donors (Lipinski definition) is 0. The van der Waals surface area contributed by atoms with Crippen LogP contribution < -0.4 is 15.1 Å². The van der Waals surface area contributed by atoms with Gasteiger partial charge in [-0.1, -0.05) is 67.6 Å². The Hall–Kier alpha value is -4.34. The van der Waals surface area contributed by atoms with Crippen LogP contribution in [0.2, 0.25) is 0 Å². The topological polar surface area (TPSA) is 103 Å². The fourth-order valence-corrected chi connectivity index (χ4v) is 5.71. The molecule has 0 N–H and O–H groups in total. The van der Waals surface area contributed by atoms with Crippen LogP contribution in [0.1, 0.15) is 43.1 Å². The second-order valence-corrected chi connectivity index (χ2v) is 10.7. The molecule has 9 heteroatoms. The molecule has 3 heterocycles. The van der Waals surface area contributed by atoms with Gasteiger partial charge in [-0.05, 0) is 43.5 Å². The molecular weight excluding hydrogens is 540 g/mol. The molecule has 5 atom stereocenters. The summed E-state index contributed by atoms with van der Waals surface area (Å²) in [5.41, 5.74) is 1.38. The monoisotopic (exact) mass is 572 g/mol. The fourth-order valence-electron chi connectivity index (χ4n) is 5.71. The SMILES string of the molecule is CC[C@]1(C)OC(Oc2ccc3c(OC(c4ccccc4)c4ccccc4)cc(=O)oc3c2C)C2OC(=O)OC2C1OC. The largest absolute Gasteiger partial charge is 0.509 e. The van der Waals surface area contributed by atoms with Gasteiger partial charge >= 0.3 is 11.8 Å². The molecule has 0 radical (unpaired) electrons. The summed E-state index contributed by atoms with van der Waals surface area (Å²) >= 11 is 0. The maximum atomic E-state index is 12.8. The zero-order chi connectivity index (χ0) is 29.4. The molecule has 2 aliphatic rings. The first-order valence-electron chi connectivity index (χ1n) is 13.9. The summed E-state index contributed by atoms with van der Waals surface area (Å²) in [6.07, 6.45) is -3.79. The molecule has 2 saturated heterocycles. The van der Waals surface area contributed by atoms with Crippen molar-refractivity contribution in [2.24, 2.45) is 0 Å². The molecule has 2 aliphatic heterocycles. The Kier molecular flexibility index (Phi) is 7.38. The Morgan fingerprint density at radius 3 is 2.14 bits per heavy atom. The first kappa shape index (κ1) is 27.8. The molecule has 218 valence electrons. The van der Waals surface area contributed by atoms with E-state index < -0.39 is 48.1 Å². The molecule has 42 heavy (non-hydrogen) atoms. The minimum atomic E-state index is -0.986. The average Bonchev–Trinajstić information content (AvgIpc) is 3.39. The van der Waals surface area contributed by atoms with Gasteiger partial charge in [0.2, 0.25) is 12.4 Å². The molecule has 0 spiro atoms. The normalized spacial score (nSPS) is 25.1. The Morgan fingerprint density at radius 1 is 0.881 bits per heavy atom. The van der Waals surface area contributed by atoms with E-state index in [0.717, 1.165) is 11.1 Å². The lowest BCUT2D eigenvalue weighted by Gasteiger charge is -2.46. The van der Waals surface area contributed by atoms with Crippen LogP contribution >= 0.6 is 0 Å². The molecule has 0 aliphatic carbocycles. The van der Waals surface area contributed by atoms with Crippen molar-refractivity contribution in [3.05, 3.63) is 106 Å². The number of fused-ring (bicyclic) bond motifs is 2. The zero-order valence-corrected chi connectivity index (χ0v) is 23.8. The van der Waals surface area contributed by atoms with Crippen molar-refractivity contribution in [1.29, 1.82) is 0 Å². The Labute approximate surface area is 242 Å². The van der Waals surface area contributed by atoms with Crippen LogP contribution in [0.15, 0.2) is 88.1 Å². The van der Waals surface area contributed by atoms with Crippen LogP contribution in [0.4, 0.5) is 4.79 Å². The van der Waals surface area contributed by atoms with Gasteiger partial charge in [0.1, 0.15) is 29.3 Å². The van der Waals surface area contributed by atoms with E-state index in [2.05, 4.69) is 0 Å². The number of aryl methyl sites for hydroxylation is 1. The fraction of sp³-hybridized carbons (Fsp3) is 0.333. The standard InChI is InChI=1S/C33H32O9/c1-5-33(3)30(36-4)28-29(41-32(35)40-28)31(42-33)38-23-17-16-22-24(18-25(34)39-26(22)19(23)2)37-27(20-12-8-6-9-13-20)21-14-10-7-11-15-21/h6-18,27-31H,5H2,1-4H3/t28?,29?,30?,31?,33-/m0/s1. The summed E-state index contributed by atoms with van der Waals surface area (Å²) in [6, 6.07) is 24.5. The number of carbonyl (C=O) groups is 1. The number of methoxy groups -OCH3 is 1. The molecule has 0 amide bonds. The van der Waals surface area contributed by atoms with E-state index in [1.165, 1.54) is 6.07 Å². The summed E-state index contributed by atoms with van der Waals surface area (Å²) in [7, 11) is 1.54. The zero-order valence-electron chi connectivity index (χ0n) is 23.8. The first-order chi connectivity index (χ1) is 20.3. The lowest BCUT2D eigenvalue weighted by atomic mass is 9.86. The lowest BCUT2D eigenvalue weighted by molar-refractivity contribution is -0.289. The maximum Gasteiger partial charge on any atom is 0.509 e. The molecular formula is C33H32O9. The third kappa shape index (κ3) is 4.99. The number of ether oxygens (including phenoxy) is 6. The van der Waals surface area contributed by atoms with Crippen LogP contribution in [0.25, 0.3) is 11.0 Å². The van der Waals surface area contributed by atoms with Gasteiger partial charge in [-0.2, -0.15) is 0 Å². The third-order valence-electron chi connectivity index (χ3n) is 8.06. The number of rotatable bonds is 8. The predicted molar refractivity (Wildman–Crippen MR) is 153 cm³/mol. The summed E-state index contributed by atoms with van der Waals surface area (Å²) in [5, 5.41) is 0.604. The Balaban J connectivity index is 1.36. The highest BCUT2D eigenvalue weighted by Gasteiger charge is 2.60. The van der Waals surface area contributed by atoms with Crippen molar-refractivity contribution < 1.29 is 37.6 Å². The number of hydrogen-bond acceptors (Lipinski definition) is 9.